The quantitative estimate of drug-likeness (QED) is 0.778. The number of hydrogen-bond donors (Lipinski definition) is 0. The summed E-state index contributed by atoms with van der Waals surface area (Å²) in [6, 6.07) is 18.6. The summed E-state index contributed by atoms with van der Waals surface area (Å²) in [6.07, 6.45) is 3.27. The van der Waals surface area contributed by atoms with Crippen molar-refractivity contribution >= 4 is 11.6 Å². The molecule has 29 heavy (non-hydrogen) atoms. The van der Waals surface area contributed by atoms with Gasteiger partial charge in [0.05, 0.1) is 31.8 Å². The molecule has 5 heteroatoms. The van der Waals surface area contributed by atoms with Gasteiger partial charge in [0.1, 0.15) is 5.75 Å². The molecule has 1 spiro atoms. The van der Waals surface area contributed by atoms with Crippen LogP contribution in [0.3, 0.4) is 0 Å². The first kappa shape index (κ1) is 19.8. The van der Waals surface area contributed by atoms with E-state index >= 15 is 0 Å². The van der Waals surface area contributed by atoms with Crippen molar-refractivity contribution in [1.29, 1.82) is 0 Å². The van der Waals surface area contributed by atoms with Gasteiger partial charge < -0.3 is 19.3 Å². The summed E-state index contributed by atoms with van der Waals surface area (Å²) >= 11 is 0. The smallest absolute Gasteiger partial charge is 0.226 e. The van der Waals surface area contributed by atoms with Crippen LogP contribution < -0.4 is 9.64 Å². The number of piperidine rings is 1. The van der Waals surface area contributed by atoms with Crippen molar-refractivity contribution in [2.45, 2.75) is 37.3 Å². The Balaban J connectivity index is 1.31. The van der Waals surface area contributed by atoms with Gasteiger partial charge in [-0.2, -0.15) is 0 Å². The number of anilines is 1. The Morgan fingerprint density at radius 3 is 2.66 bits per heavy atom. The van der Waals surface area contributed by atoms with Crippen LogP contribution in [-0.4, -0.2) is 56.3 Å². The minimum Gasteiger partial charge on any atom is -0.497 e. The number of carbonyl (C=O) groups is 1. The summed E-state index contributed by atoms with van der Waals surface area (Å²) in [6.45, 7) is 2.29. The molecular weight excluding hydrogens is 364 g/mol. The Kier molecular flexibility index (Phi) is 5.76. The van der Waals surface area contributed by atoms with Gasteiger partial charge in [-0.15, -0.1) is 0 Å². The highest BCUT2D eigenvalue weighted by molar-refractivity contribution is 5.79. The van der Waals surface area contributed by atoms with E-state index in [-0.39, 0.29) is 11.5 Å². The maximum Gasteiger partial charge on any atom is 0.226 e. The van der Waals surface area contributed by atoms with Gasteiger partial charge in [0.25, 0.3) is 0 Å². The second kappa shape index (κ2) is 8.46. The lowest BCUT2D eigenvalue weighted by atomic mass is 9.87. The van der Waals surface area contributed by atoms with E-state index < -0.39 is 0 Å². The molecule has 0 radical (unpaired) electrons. The largest absolute Gasteiger partial charge is 0.497 e. The average Bonchev–Trinajstić information content (AvgIpc) is 3.18. The second-order valence-corrected chi connectivity index (χ2v) is 8.21. The van der Waals surface area contributed by atoms with Crippen LogP contribution in [0.15, 0.2) is 54.6 Å². The monoisotopic (exact) mass is 394 g/mol. The third-order valence-electron chi connectivity index (χ3n) is 6.42. The molecule has 1 amide bonds. The number of nitrogens with zero attached hydrogens (tertiary/aromatic N) is 2. The highest BCUT2D eigenvalue weighted by Crippen LogP contribution is 2.38. The van der Waals surface area contributed by atoms with E-state index in [0.717, 1.165) is 50.3 Å². The zero-order valence-electron chi connectivity index (χ0n) is 17.3. The number of hydrogen-bond acceptors (Lipinski definition) is 4. The number of methoxy groups -OCH3 is 1. The molecule has 1 atom stereocenters. The lowest BCUT2D eigenvalue weighted by molar-refractivity contribution is -0.135. The van der Waals surface area contributed by atoms with Gasteiger partial charge in [-0.05, 0) is 49.1 Å². The van der Waals surface area contributed by atoms with E-state index in [1.165, 1.54) is 5.69 Å². The SMILES string of the molecule is COc1cccc(CC(=O)N2CCC3(CC2)CC(N(C)c2ccccc2)CO3)c1. The Labute approximate surface area is 173 Å². The Morgan fingerprint density at radius 1 is 1.17 bits per heavy atom. The van der Waals surface area contributed by atoms with Crippen LogP contribution in [0.25, 0.3) is 0 Å². The summed E-state index contributed by atoms with van der Waals surface area (Å²) in [5.74, 6) is 0.977. The molecule has 1 unspecified atom stereocenters. The third-order valence-corrected chi connectivity index (χ3v) is 6.42. The Morgan fingerprint density at radius 2 is 1.93 bits per heavy atom. The molecule has 2 aromatic rings. The van der Waals surface area contributed by atoms with E-state index in [2.05, 4.69) is 36.2 Å². The number of amides is 1. The third kappa shape index (κ3) is 4.40. The van der Waals surface area contributed by atoms with Gasteiger partial charge in [-0.3, -0.25) is 4.79 Å². The lowest BCUT2D eigenvalue weighted by Gasteiger charge is -2.39. The van der Waals surface area contributed by atoms with Crippen LogP contribution in [0.4, 0.5) is 5.69 Å². The predicted molar refractivity (Wildman–Crippen MR) is 114 cm³/mol. The molecule has 2 saturated heterocycles. The first-order valence-electron chi connectivity index (χ1n) is 10.4. The number of rotatable bonds is 5. The molecule has 5 nitrogen and oxygen atoms in total. The van der Waals surface area contributed by atoms with Crippen molar-refractivity contribution in [1.82, 2.24) is 4.90 Å². The van der Waals surface area contributed by atoms with E-state index in [1.54, 1.807) is 7.11 Å². The first-order chi connectivity index (χ1) is 14.1. The second-order valence-electron chi connectivity index (χ2n) is 8.21. The standard InChI is InChI=1S/C24H30N2O3/c1-25(20-8-4-3-5-9-20)21-17-24(29-18-21)11-13-26(14-12-24)23(27)16-19-7-6-10-22(15-19)28-2/h3-10,15,21H,11-14,16-18H2,1-2H3. The van der Waals surface area contributed by atoms with Crippen LogP contribution in [0, 0.1) is 0 Å². The predicted octanol–water partition coefficient (Wildman–Crippen LogP) is 3.52. The van der Waals surface area contributed by atoms with Gasteiger partial charge in [0.15, 0.2) is 0 Å². The molecule has 2 heterocycles. The van der Waals surface area contributed by atoms with Gasteiger partial charge >= 0.3 is 0 Å². The minimum absolute atomic E-state index is 0.0829. The van der Waals surface area contributed by atoms with Crippen molar-refractivity contribution in [3.05, 3.63) is 60.2 Å². The van der Waals surface area contributed by atoms with Crippen LogP contribution >= 0.6 is 0 Å². The maximum atomic E-state index is 12.8. The van der Waals surface area contributed by atoms with Crippen molar-refractivity contribution in [2.24, 2.45) is 0 Å². The summed E-state index contributed by atoms with van der Waals surface area (Å²) in [5, 5.41) is 0. The van der Waals surface area contributed by atoms with E-state index in [1.807, 2.05) is 35.2 Å². The summed E-state index contributed by atoms with van der Waals surface area (Å²) in [5.41, 5.74) is 2.14. The fraction of sp³-hybridized carbons (Fsp3) is 0.458. The van der Waals surface area contributed by atoms with Gasteiger partial charge in [0, 0.05) is 25.8 Å². The highest BCUT2D eigenvalue weighted by Gasteiger charge is 2.44. The molecule has 2 aromatic carbocycles. The molecule has 4 rings (SSSR count). The average molecular weight is 395 g/mol. The van der Waals surface area contributed by atoms with Crippen molar-refractivity contribution in [3.8, 4) is 5.75 Å². The molecule has 0 N–H and O–H groups in total. The first-order valence-corrected chi connectivity index (χ1v) is 10.4. The van der Waals surface area contributed by atoms with Gasteiger partial charge in [0.2, 0.25) is 5.91 Å². The van der Waals surface area contributed by atoms with E-state index in [4.69, 9.17) is 9.47 Å². The maximum absolute atomic E-state index is 12.8. The van der Waals surface area contributed by atoms with Crippen molar-refractivity contribution in [2.75, 3.05) is 38.8 Å². The number of ether oxygens (including phenoxy) is 2. The van der Waals surface area contributed by atoms with Crippen LogP contribution in [0.5, 0.6) is 5.75 Å². The zero-order chi connectivity index (χ0) is 20.3. The molecule has 0 aromatic heterocycles. The lowest BCUT2D eigenvalue weighted by Crippen LogP contribution is -2.47. The number of likely N-dealkylation sites (N-methyl/N-ethyl adjacent to an activating group) is 1. The number of benzene rings is 2. The van der Waals surface area contributed by atoms with Crippen LogP contribution in [-0.2, 0) is 16.0 Å². The molecule has 2 aliphatic rings. The van der Waals surface area contributed by atoms with Gasteiger partial charge in [-0.25, -0.2) is 0 Å². The summed E-state index contributed by atoms with van der Waals surface area (Å²) in [4.78, 5) is 17.1. The van der Waals surface area contributed by atoms with Gasteiger partial charge in [-0.1, -0.05) is 30.3 Å². The van der Waals surface area contributed by atoms with Crippen molar-refractivity contribution < 1.29 is 14.3 Å². The number of para-hydroxylation sites is 1. The summed E-state index contributed by atoms with van der Waals surface area (Å²) in [7, 11) is 3.80. The fourth-order valence-corrected chi connectivity index (χ4v) is 4.52. The number of likely N-dealkylation sites (tertiary alicyclic amines) is 1. The molecule has 154 valence electrons. The fourth-order valence-electron chi connectivity index (χ4n) is 4.52. The molecule has 2 fully saturated rings. The van der Waals surface area contributed by atoms with Crippen LogP contribution in [0.1, 0.15) is 24.8 Å². The zero-order valence-corrected chi connectivity index (χ0v) is 17.3. The molecule has 0 saturated carbocycles. The topological polar surface area (TPSA) is 42.0 Å². The Hall–Kier alpha value is -2.53. The molecule has 0 bridgehead atoms. The molecule has 0 aliphatic carbocycles. The number of carbonyl (C=O) groups excluding carboxylic acids is 1. The highest BCUT2D eigenvalue weighted by atomic mass is 16.5. The van der Waals surface area contributed by atoms with E-state index in [0.29, 0.717) is 12.5 Å². The van der Waals surface area contributed by atoms with Crippen molar-refractivity contribution in [3.63, 3.8) is 0 Å². The minimum atomic E-state index is -0.0829. The molecular formula is C24H30N2O3. The molecule has 2 aliphatic heterocycles. The summed E-state index contributed by atoms with van der Waals surface area (Å²) < 4.78 is 11.6. The van der Waals surface area contributed by atoms with E-state index in [9.17, 15) is 4.79 Å². The van der Waals surface area contributed by atoms with Crippen LogP contribution in [0.2, 0.25) is 0 Å². The normalized spacial score (nSPS) is 20.6. The Bertz CT molecular complexity index is 831.